The molecule has 0 spiro atoms. The summed E-state index contributed by atoms with van der Waals surface area (Å²) in [5.41, 5.74) is 0.0672. The zero-order valence-electron chi connectivity index (χ0n) is 11.5. The van der Waals surface area contributed by atoms with Crippen LogP contribution in [0.15, 0.2) is 18.2 Å². The van der Waals surface area contributed by atoms with Crippen molar-refractivity contribution in [3.05, 3.63) is 28.3 Å². The van der Waals surface area contributed by atoms with Crippen LogP contribution in [0, 0.1) is 10.1 Å². The van der Waals surface area contributed by atoms with E-state index in [-0.39, 0.29) is 23.7 Å². The lowest BCUT2D eigenvalue weighted by Crippen LogP contribution is -2.30. The van der Waals surface area contributed by atoms with Crippen molar-refractivity contribution in [3.8, 4) is 5.75 Å². The first-order chi connectivity index (χ1) is 9.51. The number of likely N-dealkylation sites (N-methyl/N-ethyl adjacent to an activating group) is 1. The Hall–Kier alpha value is -2.31. The number of carboxylic acids is 1. The number of hydrogen-bond donors (Lipinski definition) is 1. The number of para-hydroxylation sites is 1. The van der Waals surface area contributed by atoms with Crippen LogP contribution in [0.2, 0.25) is 0 Å². The summed E-state index contributed by atoms with van der Waals surface area (Å²) in [7, 11) is 0. The molecule has 0 unspecified atom stereocenters. The highest BCUT2D eigenvalue weighted by atomic mass is 16.6. The van der Waals surface area contributed by atoms with Gasteiger partial charge in [0.15, 0.2) is 5.75 Å². The zero-order valence-corrected chi connectivity index (χ0v) is 11.5. The van der Waals surface area contributed by atoms with E-state index < -0.39 is 10.9 Å². The minimum absolute atomic E-state index is 0.165. The number of rotatable bonds is 8. The fourth-order valence-electron chi connectivity index (χ4n) is 1.81. The molecule has 0 aliphatic heterocycles. The number of carboxylic acid groups (broad SMARTS) is 1. The molecule has 1 aromatic rings. The van der Waals surface area contributed by atoms with Crippen LogP contribution in [0.25, 0.3) is 0 Å². The molecule has 0 bridgehead atoms. The fraction of sp³-hybridized carbons (Fsp3) is 0.462. The fourth-order valence-corrected chi connectivity index (χ4v) is 1.81. The van der Waals surface area contributed by atoms with Crippen molar-refractivity contribution in [2.24, 2.45) is 0 Å². The second kappa shape index (κ2) is 7.32. The average Bonchev–Trinajstić information content (AvgIpc) is 2.41. The third-order valence-electron chi connectivity index (χ3n) is 2.67. The number of nitro groups is 1. The Labute approximate surface area is 116 Å². The summed E-state index contributed by atoms with van der Waals surface area (Å²) in [5.74, 6) is -0.876. The molecule has 1 aromatic carbocycles. The van der Waals surface area contributed by atoms with E-state index in [4.69, 9.17) is 9.84 Å². The highest BCUT2D eigenvalue weighted by Gasteiger charge is 2.25. The first kappa shape index (κ1) is 15.7. The lowest BCUT2D eigenvalue weighted by atomic mass is 10.2. The van der Waals surface area contributed by atoms with Gasteiger partial charge in [0.1, 0.15) is 12.2 Å². The molecule has 0 aliphatic carbocycles. The van der Waals surface area contributed by atoms with Crippen molar-refractivity contribution in [1.82, 2.24) is 0 Å². The number of aliphatic carboxylic acids is 1. The summed E-state index contributed by atoms with van der Waals surface area (Å²) in [4.78, 5) is 23.0. The molecule has 0 radical (unpaired) electrons. The first-order valence-electron chi connectivity index (χ1n) is 6.38. The first-order valence-corrected chi connectivity index (χ1v) is 6.38. The number of ether oxygens (including phenoxy) is 1. The van der Waals surface area contributed by atoms with Gasteiger partial charge in [-0.05, 0) is 25.5 Å². The van der Waals surface area contributed by atoms with Crippen LogP contribution >= 0.6 is 0 Å². The van der Waals surface area contributed by atoms with E-state index in [1.807, 2.05) is 6.92 Å². The van der Waals surface area contributed by atoms with Crippen molar-refractivity contribution < 1.29 is 19.6 Å². The van der Waals surface area contributed by atoms with Crippen LogP contribution in [0.4, 0.5) is 11.4 Å². The average molecular weight is 282 g/mol. The molecule has 0 saturated heterocycles. The van der Waals surface area contributed by atoms with Gasteiger partial charge in [0.2, 0.25) is 0 Å². The smallest absolute Gasteiger partial charge is 0.333 e. The summed E-state index contributed by atoms with van der Waals surface area (Å²) < 4.78 is 5.37. The predicted molar refractivity (Wildman–Crippen MR) is 74.4 cm³/mol. The number of carbonyl (C=O) groups is 1. The molecule has 0 heterocycles. The van der Waals surface area contributed by atoms with E-state index in [0.29, 0.717) is 13.2 Å². The maximum atomic E-state index is 11.3. The summed E-state index contributed by atoms with van der Waals surface area (Å²) in [5, 5.41) is 20.1. The van der Waals surface area contributed by atoms with Crippen LogP contribution in [0.5, 0.6) is 5.75 Å². The Morgan fingerprint density at radius 3 is 2.65 bits per heavy atom. The number of hydrogen-bond acceptors (Lipinski definition) is 5. The van der Waals surface area contributed by atoms with Gasteiger partial charge in [-0.15, -0.1) is 0 Å². The number of anilines is 1. The molecule has 0 aromatic heterocycles. The van der Waals surface area contributed by atoms with Crippen molar-refractivity contribution in [2.45, 2.75) is 20.3 Å². The van der Waals surface area contributed by atoms with Crippen LogP contribution in [0.3, 0.4) is 0 Å². The van der Waals surface area contributed by atoms with E-state index in [9.17, 15) is 14.9 Å². The monoisotopic (exact) mass is 282 g/mol. The normalized spacial score (nSPS) is 10.1. The standard InChI is InChI=1S/C13H18N2O5/c1-3-8-20-11-7-5-6-10(13(11)15(18)19)14(4-2)9-12(16)17/h5-7H,3-4,8-9H2,1-2H3,(H,16,17). The highest BCUT2D eigenvalue weighted by molar-refractivity contribution is 5.78. The third-order valence-corrected chi connectivity index (χ3v) is 2.67. The van der Waals surface area contributed by atoms with E-state index in [1.165, 1.54) is 17.0 Å². The maximum Gasteiger partial charge on any atom is 0.333 e. The van der Waals surface area contributed by atoms with Gasteiger partial charge < -0.3 is 14.7 Å². The molecule has 7 heteroatoms. The van der Waals surface area contributed by atoms with Gasteiger partial charge in [-0.1, -0.05) is 13.0 Å². The van der Waals surface area contributed by atoms with E-state index >= 15 is 0 Å². The van der Waals surface area contributed by atoms with E-state index in [0.717, 1.165) is 6.42 Å². The summed E-state index contributed by atoms with van der Waals surface area (Å²) in [6.45, 7) is 4.07. The number of benzene rings is 1. The molecule has 0 amide bonds. The predicted octanol–water partition coefficient (Wildman–Crippen LogP) is 2.29. The van der Waals surface area contributed by atoms with Crippen LogP contribution in [-0.2, 0) is 4.79 Å². The Morgan fingerprint density at radius 1 is 1.45 bits per heavy atom. The molecule has 110 valence electrons. The Balaban J connectivity index is 3.22. The van der Waals surface area contributed by atoms with Crippen molar-refractivity contribution >= 4 is 17.3 Å². The van der Waals surface area contributed by atoms with Crippen LogP contribution in [-0.4, -0.2) is 35.7 Å². The van der Waals surface area contributed by atoms with Crippen molar-refractivity contribution in [2.75, 3.05) is 24.6 Å². The molecular weight excluding hydrogens is 264 g/mol. The molecule has 0 atom stereocenters. The Bertz CT molecular complexity index is 490. The number of nitro benzene ring substituents is 1. The van der Waals surface area contributed by atoms with Crippen LogP contribution < -0.4 is 9.64 Å². The minimum Gasteiger partial charge on any atom is -0.487 e. The molecule has 0 fully saturated rings. The van der Waals surface area contributed by atoms with Crippen molar-refractivity contribution in [1.29, 1.82) is 0 Å². The third kappa shape index (κ3) is 3.84. The second-order valence-corrected chi connectivity index (χ2v) is 4.14. The van der Waals surface area contributed by atoms with E-state index in [1.54, 1.807) is 13.0 Å². The molecule has 1 rings (SSSR count). The van der Waals surface area contributed by atoms with E-state index in [2.05, 4.69) is 0 Å². The second-order valence-electron chi connectivity index (χ2n) is 4.14. The molecule has 20 heavy (non-hydrogen) atoms. The van der Waals surface area contributed by atoms with Gasteiger partial charge >= 0.3 is 11.7 Å². The largest absolute Gasteiger partial charge is 0.487 e. The summed E-state index contributed by atoms with van der Waals surface area (Å²) in [6, 6.07) is 4.67. The molecule has 0 saturated carbocycles. The molecule has 1 N–H and O–H groups in total. The van der Waals surface area contributed by atoms with Crippen molar-refractivity contribution in [3.63, 3.8) is 0 Å². The van der Waals surface area contributed by atoms with Gasteiger partial charge in [0.25, 0.3) is 0 Å². The minimum atomic E-state index is -1.04. The Morgan fingerprint density at radius 2 is 2.15 bits per heavy atom. The lowest BCUT2D eigenvalue weighted by Gasteiger charge is -2.21. The lowest BCUT2D eigenvalue weighted by molar-refractivity contribution is -0.385. The summed E-state index contributed by atoms with van der Waals surface area (Å²) >= 11 is 0. The SMILES string of the molecule is CCCOc1cccc(N(CC)CC(=O)O)c1[N+](=O)[O-]. The van der Waals surface area contributed by atoms with Gasteiger partial charge in [-0.25, -0.2) is 0 Å². The topological polar surface area (TPSA) is 92.9 Å². The van der Waals surface area contributed by atoms with Gasteiger partial charge in [-0.2, -0.15) is 0 Å². The number of nitrogens with zero attached hydrogens (tertiary/aromatic N) is 2. The maximum absolute atomic E-state index is 11.3. The molecule has 7 nitrogen and oxygen atoms in total. The zero-order chi connectivity index (χ0) is 15.1. The molecular formula is C13H18N2O5. The highest BCUT2D eigenvalue weighted by Crippen LogP contribution is 2.37. The quantitative estimate of drug-likeness (QED) is 0.581. The van der Waals surface area contributed by atoms with Crippen LogP contribution in [0.1, 0.15) is 20.3 Å². The Kier molecular flexibility index (Phi) is 5.76. The molecule has 0 aliphatic rings. The van der Waals surface area contributed by atoms with Gasteiger partial charge in [-0.3, -0.25) is 14.9 Å². The van der Waals surface area contributed by atoms with Gasteiger partial charge in [0, 0.05) is 6.54 Å². The van der Waals surface area contributed by atoms with Gasteiger partial charge in [0.05, 0.1) is 11.5 Å². The summed E-state index contributed by atoms with van der Waals surface area (Å²) in [6.07, 6.45) is 0.730.